The summed E-state index contributed by atoms with van der Waals surface area (Å²) in [7, 11) is 1.56. The normalized spacial score (nSPS) is 10.6. The number of nitrogens with one attached hydrogen (secondary N) is 2. The van der Waals surface area contributed by atoms with Gasteiger partial charge in [0.15, 0.2) is 11.5 Å². The molecule has 154 valence electrons. The van der Waals surface area contributed by atoms with Crippen LogP contribution in [0.1, 0.15) is 31.7 Å². The third-order valence-electron chi connectivity index (χ3n) is 3.82. The smallest absolute Gasteiger partial charge is 0.249 e. The number of benzene rings is 2. The maximum Gasteiger partial charge on any atom is 0.249 e. The van der Waals surface area contributed by atoms with Gasteiger partial charge in [-0.05, 0) is 58.2 Å². The second kappa shape index (κ2) is 11.9. The molecule has 0 spiro atoms. The second-order valence-corrected chi connectivity index (χ2v) is 6.96. The van der Waals surface area contributed by atoms with Gasteiger partial charge in [-0.25, -0.2) is 5.43 Å². The number of hydrogen-bond acceptors (Lipinski definition) is 5. The van der Waals surface area contributed by atoms with Gasteiger partial charge in [-0.2, -0.15) is 5.10 Å². The number of unbranched alkanes of at least 4 members (excludes halogenated alkanes) is 1. The third-order valence-corrected chi connectivity index (χ3v) is 4.51. The Balaban J connectivity index is 1.86. The predicted octanol–water partition coefficient (Wildman–Crippen LogP) is 4.12. The molecule has 2 aromatic rings. The molecular formula is C21H24BrN3O4. The lowest BCUT2D eigenvalue weighted by Crippen LogP contribution is -2.24. The number of anilines is 1. The van der Waals surface area contributed by atoms with Crippen molar-refractivity contribution in [3.05, 3.63) is 52.5 Å². The lowest BCUT2D eigenvalue weighted by molar-refractivity contribution is -0.126. The Morgan fingerprint density at radius 3 is 2.66 bits per heavy atom. The monoisotopic (exact) mass is 461 g/mol. The largest absolute Gasteiger partial charge is 0.493 e. The van der Waals surface area contributed by atoms with Crippen molar-refractivity contribution in [3.63, 3.8) is 0 Å². The molecule has 29 heavy (non-hydrogen) atoms. The fraction of sp³-hybridized carbons (Fsp3) is 0.286. The first-order chi connectivity index (χ1) is 14.0. The van der Waals surface area contributed by atoms with Crippen LogP contribution in [0.3, 0.4) is 0 Å². The first-order valence-electron chi connectivity index (χ1n) is 9.20. The lowest BCUT2D eigenvalue weighted by Gasteiger charge is -2.10. The molecule has 0 aliphatic rings. The van der Waals surface area contributed by atoms with Crippen LogP contribution in [-0.2, 0) is 9.59 Å². The molecule has 0 bridgehead atoms. The van der Waals surface area contributed by atoms with Gasteiger partial charge in [0.1, 0.15) is 6.42 Å². The molecule has 7 nitrogen and oxygen atoms in total. The van der Waals surface area contributed by atoms with E-state index in [1.54, 1.807) is 43.5 Å². The van der Waals surface area contributed by atoms with E-state index in [1.165, 1.54) is 6.21 Å². The van der Waals surface area contributed by atoms with Crippen LogP contribution in [0.4, 0.5) is 5.69 Å². The highest BCUT2D eigenvalue weighted by Gasteiger charge is 2.10. The van der Waals surface area contributed by atoms with Crippen molar-refractivity contribution >= 4 is 39.6 Å². The molecule has 0 saturated heterocycles. The van der Waals surface area contributed by atoms with E-state index in [9.17, 15) is 9.59 Å². The summed E-state index contributed by atoms with van der Waals surface area (Å²) in [4.78, 5) is 23.9. The number of hydrazone groups is 1. The van der Waals surface area contributed by atoms with Crippen molar-refractivity contribution < 1.29 is 19.1 Å². The summed E-state index contributed by atoms with van der Waals surface area (Å²) >= 11 is 3.33. The van der Waals surface area contributed by atoms with E-state index in [-0.39, 0.29) is 6.42 Å². The number of carbonyl (C=O) groups is 2. The van der Waals surface area contributed by atoms with E-state index in [0.717, 1.165) is 22.9 Å². The Hall–Kier alpha value is -2.87. The first kappa shape index (κ1) is 22.4. The Kier molecular flexibility index (Phi) is 9.17. The minimum absolute atomic E-state index is 0.341. The van der Waals surface area contributed by atoms with Gasteiger partial charge in [0.2, 0.25) is 11.8 Å². The van der Waals surface area contributed by atoms with Gasteiger partial charge in [-0.15, -0.1) is 0 Å². The standard InChI is InChI=1S/C21H24BrN3O4/c1-3-4-11-29-18-10-9-15(12-19(18)28-2)14-23-25-21(27)13-20(26)24-17-8-6-5-7-16(17)22/h5-10,12,14H,3-4,11,13H2,1-2H3,(H,24,26)(H,25,27). The Morgan fingerprint density at radius 2 is 1.93 bits per heavy atom. The molecular weight excluding hydrogens is 438 g/mol. The van der Waals surface area contributed by atoms with Gasteiger partial charge < -0.3 is 14.8 Å². The quantitative estimate of drug-likeness (QED) is 0.241. The van der Waals surface area contributed by atoms with E-state index in [2.05, 4.69) is 38.7 Å². The fourth-order valence-electron chi connectivity index (χ4n) is 2.33. The maximum absolute atomic E-state index is 12.0. The van der Waals surface area contributed by atoms with E-state index in [0.29, 0.717) is 23.8 Å². The van der Waals surface area contributed by atoms with Crippen molar-refractivity contribution in [3.8, 4) is 11.5 Å². The molecule has 2 rings (SSSR count). The zero-order chi connectivity index (χ0) is 21.1. The van der Waals surface area contributed by atoms with Gasteiger partial charge >= 0.3 is 0 Å². The number of nitrogens with zero attached hydrogens (tertiary/aromatic N) is 1. The average Bonchev–Trinajstić information content (AvgIpc) is 2.70. The minimum Gasteiger partial charge on any atom is -0.493 e. The molecule has 0 unspecified atom stereocenters. The first-order valence-corrected chi connectivity index (χ1v) is 10.00. The van der Waals surface area contributed by atoms with Crippen molar-refractivity contribution in [2.24, 2.45) is 5.10 Å². The van der Waals surface area contributed by atoms with Crippen LogP contribution in [0.2, 0.25) is 0 Å². The van der Waals surface area contributed by atoms with E-state index >= 15 is 0 Å². The molecule has 2 N–H and O–H groups in total. The molecule has 0 heterocycles. The minimum atomic E-state index is -0.516. The zero-order valence-electron chi connectivity index (χ0n) is 16.4. The number of hydrogen-bond donors (Lipinski definition) is 2. The van der Waals surface area contributed by atoms with Crippen molar-refractivity contribution in [2.45, 2.75) is 26.2 Å². The van der Waals surface area contributed by atoms with Crippen LogP contribution in [0, 0.1) is 0 Å². The summed E-state index contributed by atoms with van der Waals surface area (Å²) < 4.78 is 11.8. The lowest BCUT2D eigenvalue weighted by atomic mass is 10.2. The molecule has 0 atom stereocenters. The molecule has 0 aliphatic heterocycles. The summed E-state index contributed by atoms with van der Waals surface area (Å²) in [6.07, 6.45) is 3.15. The van der Waals surface area contributed by atoms with Crippen LogP contribution in [-0.4, -0.2) is 31.7 Å². The SMILES string of the molecule is CCCCOc1ccc(C=NNC(=O)CC(=O)Nc2ccccc2Br)cc1OC. The van der Waals surface area contributed by atoms with Crippen LogP contribution in [0.15, 0.2) is 52.0 Å². The Labute approximate surface area is 178 Å². The average molecular weight is 462 g/mol. The number of halogens is 1. The van der Waals surface area contributed by atoms with Crippen LogP contribution in [0.5, 0.6) is 11.5 Å². The maximum atomic E-state index is 12.0. The Bertz CT molecular complexity index is 871. The topological polar surface area (TPSA) is 89.0 Å². The number of methoxy groups -OCH3 is 1. The molecule has 0 fully saturated rings. The summed E-state index contributed by atoms with van der Waals surface area (Å²) in [5.41, 5.74) is 3.67. The van der Waals surface area contributed by atoms with Crippen LogP contribution >= 0.6 is 15.9 Å². The van der Waals surface area contributed by atoms with Gasteiger partial charge in [-0.3, -0.25) is 9.59 Å². The molecule has 2 aromatic carbocycles. The highest BCUT2D eigenvalue weighted by atomic mass is 79.9. The van der Waals surface area contributed by atoms with Crippen LogP contribution in [0.25, 0.3) is 0 Å². The highest BCUT2D eigenvalue weighted by Crippen LogP contribution is 2.27. The molecule has 0 aromatic heterocycles. The van der Waals surface area contributed by atoms with Crippen molar-refractivity contribution in [1.82, 2.24) is 5.43 Å². The van der Waals surface area contributed by atoms with Gasteiger partial charge in [0.25, 0.3) is 0 Å². The Morgan fingerprint density at radius 1 is 1.14 bits per heavy atom. The molecule has 0 radical (unpaired) electrons. The van der Waals surface area contributed by atoms with Gasteiger partial charge in [0, 0.05) is 4.47 Å². The van der Waals surface area contributed by atoms with E-state index in [1.807, 2.05) is 6.07 Å². The third kappa shape index (κ3) is 7.57. The zero-order valence-corrected chi connectivity index (χ0v) is 18.0. The summed E-state index contributed by atoms with van der Waals surface area (Å²) in [6, 6.07) is 12.5. The van der Waals surface area contributed by atoms with Crippen molar-refractivity contribution in [2.75, 3.05) is 19.0 Å². The number of carbonyl (C=O) groups excluding carboxylic acids is 2. The number of amides is 2. The summed E-state index contributed by atoms with van der Waals surface area (Å²) in [5.74, 6) is 0.298. The molecule has 0 aliphatic carbocycles. The van der Waals surface area contributed by atoms with Gasteiger partial charge in [0.05, 0.1) is 25.6 Å². The molecule has 0 saturated carbocycles. The van der Waals surface area contributed by atoms with Crippen molar-refractivity contribution in [1.29, 1.82) is 0 Å². The van der Waals surface area contributed by atoms with Crippen LogP contribution < -0.4 is 20.2 Å². The second-order valence-electron chi connectivity index (χ2n) is 6.11. The predicted molar refractivity (Wildman–Crippen MR) is 117 cm³/mol. The summed E-state index contributed by atoms with van der Waals surface area (Å²) in [5, 5.41) is 6.55. The highest BCUT2D eigenvalue weighted by molar-refractivity contribution is 9.10. The van der Waals surface area contributed by atoms with E-state index in [4.69, 9.17) is 9.47 Å². The van der Waals surface area contributed by atoms with Gasteiger partial charge in [-0.1, -0.05) is 25.5 Å². The number of para-hydroxylation sites is 1. The summed E-state index contributed by atoms with van der Waals surface area (Å²) in [6.45, 7) is 2.72. The molecule has 2 amide bonds. The van der Waals surface area contributed by atoms with E-state index < -0.39 is 11.8 Å². The fourth-order valence-corrected chi connectivity index (χ4v) is 2.72. The number of ether oxygens (including phenoxy) is 2. The number of rotatable bonds is 10. The molecule has 8 heteroatoms.